The number of carbonyl (C=O) groups excluding carboxylic acids is 2. The average molecular weight is 408 g/mol. The molecule has 0 aliphatic carbocycles. The molecule has 0 bridgehead atoms. The number of allylic oxidation sites excluding steroid dienone is 1. The maximum absolute atomic E-state index is 13.1. The zero-order valence-electron chi connectivity index (χ0n) is 17.5. The summed E-state index contributed by atoms with van der Waals surface area (Å²) in [5.41, 5.74) is 2.08. The van der Waals surface area contributed by atoms with E-state index in [4.69, 9.17) is 9.47 Å². The molecule has 0 spiro atoms. The minimum atomic E-state index is -0.0747. The number of benzene rings is 2. The largest absolute Gasteiger partial charge is 0.493 e. The van der Waals surface area contributed by atoms with Gasteiger partial charge in [-0.15, -0.1) is 6.58 Å². The third-order valence-electron chi connectivity index (χ3n) is 5.32. The van der Waals surface area contributed by atoms with Crippen LogP contribution in [0.5, 0.6) is 11.5 Å². The minimum Gasteiger partial charge on any atom is -0.493 e. The monoisotopic (exact) mass is 408 g/mol. The van der Waals surface area contributed by atoms with Gasteiger partial charge >= 0.3 is 0 Å². The molecule has 2 aromatic rings. The lowest BCUT2D eigenvalue weighted by Gasteiger charge is -2.32. The van der Waals surface area contributed by atoms with Gasteiger partial charge in [0.1, 0.15) is 0 Å². The lowest BCUT2D eigenvalue weighted by molar-refractivity contribution is 0.0697. The normalized spacial score (nSPS) is 14.1. The molecule has 0 saturated carbocycles. The lowest BCUT2D eigenvalue weighted by Crippen LogP contribution is -2.46. The van der Waals surface area contributed by atoms with Gasteiger partial charge in [0.05, 0.1) is 14.2 Å². The van der Waals surface area contributed by atoms with Crippen molar-refractivity contribution in [2.24, 2.45) is 0 Å². The van der Waals surface area contributed by atoms with Gasteiger partial charge in [0.2, 0.25) is 0 Å². The zero-order valence-corrected chi connectivity index (χ0v) is 17.5. The van der Waals surface area contributed by atoms with Crippen molar-refractivity contribution in [2.45, 2.75) is 25.3 Å². The summed E-state index contributed by atoms with van der Waals surface area (Å²) in [6.07, 6.45) is 3.79. The SMILES string of the molecule is C=CCc1cc(C(=O)N2CCC(NC(=O)c3ccccc3)CC2)cc(OC)c1OC. The standard InChI is InChI=1S/C24H28N2O4/c1-4-8-18-15-19(16-21(29-2)22(18)30-3)24(28)26-13-11-20(12-14-26)25-23(27)17-9-6-5-7-10-17/h4-7,9-10,15-16,20H,1,8,11-14H2,2-3H3,(H,25,27). The molecule has 2 amide bonds. The van der Waals surface area contributed by atoms with Gasteiger partial charge in [-0.05, 0) is 43.5 Å². The summed E-state index contributed by atoms with van der Waals surface area (Å²) in [6, 6.07) is 12.8. The van der Waals surface area contributed by atoms with Crippen LogP contribution in [0.1, 0.15) is 39.1 Å². The number of hydrogen-bond donors (Lipinski definition) is 1. The third kappa shape index (κ3) is 4.82. The molecular weight excluding hydrogens is 380 g/mol. The topological polar surface area (TPSA) is 67.9 Å². The first-order chi connectivity index (χ1) is 14.6. The highest BCUT2D eigenvalue weighted by atomic mass is 16.5. The Morgan fingerprint density at radius 3 is 2.40 bits per heavy atom. The van der Waals surface area contributed by atoms with Gasteiger partial charge in [-0.25, -0.2) is 0 Å². The molecule has 1 aliphatic heterocycles. The van der Waals surface area contributed by atoms with E-state index in [9.17, 15) is 9.59 Å². The van der Waals surface area contributed by atoms with Crippen LogP contribution in [-0.4, -0.2) is 50.1 Å². The van der Waals surface area contributed by atoms with E-state index in [0.717, 1.165) is 18.4 Å². The van der Waals surface area contributed by atoms with Crippen molar-refractivity contribution in [3.63, 3.8) is 0 Å². The van der Waals surface area contributed by atoms with Gasteiger partial charge < -0.3 is 19.7 Å². The number of amides is 2. The predicted octanol–water partition coefficient (Wildman–Crippen LogP) is 3.47. The van der Waals surface area contributed by atoms with E-state index in [-0.39, 0.29) is 17.9 Å². The number of ether oxygens (including phenoxy) is 2. The molecular formula is C24H28N2O4. The Balaban J connectivity index is 1.65. The first-order valence-electron chi connectivity index (χ1n) is 10.1. The molecule has 0 radical (unpaired) electrons. The Hall–Kier alpha value is -3.28. The first-order valence-corrected chi connectivity index (χ1v) is 10.1. The van der Waals surface area contributed by atoms with E-state index in [1.165, 1.54) is 0 Å². The quantitative estimate of drug-likeness (QED) is 0.713. The van der Waals surface area contributed by atoms with Gasteiger partial charge in [0.15, 0.2) is 11.5 Å². The van der Waals surface area contributed by atoms with Crippen LogP contribution < -0.4 is 14.8 Å². The summed E-state index contributed by atoms with van der Waals surface area (Å²) in [5.74, 6) is 1.03. The minimum absolute atomic E-state index is 0.0471. The number of methoxy groups -OCH3 is 2. The molecule has 1 fully saturated rings. The van der Waals surface area contributed by atoms with Crippen LogP contribution in [0.2, 0.25) is 0 Å². The molecule has 30 heavy (non-hydrogen) atoms. The summed E-state index contributed by atoms with van der Waals surface area (Å²) in [5, 5.41) is 3.07. The van der Waals surface area contributed by atoms with Crippen molar-refractivity contribution < 1.29 is 19.1 Å². The molecule has 3 rings (SSSR count). The molecule has 1 heterocycles. The summed E-state index contributed by atoms with van der Waals surface area (Å²) in [4.78, 5) is 27.3. The fraction of sp³-hybridized carbons (Fsp3) is 0.333. The van der Waals surface area contributed by atoms with Gasteiger partial charge in [-0.1, -0.05) is 24.3 Å². The maximum Gasteiger partial charge on any atom is 0.254 e. The molecule has 6 heteroatoms. The van der Waals surface area contributed by atoms with E-state index < -0.39 is 0 Å². The molecule has 6 nitrogen and oxygen atoms in total. The highest BCUT2D eigenvalue weighted by Crippen LogP contribution is 2.33. The average Bonchev–Trinajstić information content (AvgIpc) is 2.79. The fourth-order valence-electron chi connectivity index (χ4n) is 3.74. The molecule has 1 saturated heterocycles. The Kier molecular flexibility index (Phi) is 7.12. The van der Waals surface area contributed by atoms with Crippen LogP contribution in [-0.2, 0) is 6.42 Å². The fourth-order valence-corrected chi connectivity index (χ4v) is 3.74. The summed E-state index contributed by atoms with van der Waals surface area (Å²) in [6.45, 7) is 4.95. The van der Waals surface area contributed by atoms with Crippen LogP contribution in [0.25, 0.3) is 0 Å². The number of rotatable bonds is 7. The van der Waals surface area contributed by atoms with Crippen molar-refractivity contribution in [3.05, 3.63) is 71.8 Å². The van der Waals surface area contributed by atoms with E-state index in [1.54, 1.807) is 38.5 Å². The number of nitrogens with one attached hydrogen (secondary N) is 1. The van der Waals surface area contributed by atoms with Gasteiger partial charge in [-0.3, -0.25) is 9.59 Å². The van der Waals surface area contributed by atoms with Gasteiger partial charge in [-0.2, -0.15) is 0 Å². The number of piperidine rings is 1. The first kappa shape index (κ1) is 21.4. The molecule has 158 valence electrons. The Labute approximate surface area is 177 Å². The van der Waals surface area contributed by atoms with Crippen molar-refractivity contribution in [1.29, 1.82) is 0 Å². The molecule has 0 aromatic heterocycles. The van der Waals surface area contributed by atoms with Crippen molar-refractivity contribution in [3.8, 4) is 11.5 Å². The second-order valence-corrected chi connectivity index (χ2v) is 7.27. The zero-order chi connectivity index (χ0) is 21.5. The second-order valence-electron chi connectivity index (χ2n) is 7.27. The predicted molar refractivity (Wildman–Crippen MR) is 116 cm³/mol. The maximum atomic E-state index is 13.1. The highest BCUT2D eigenvalue weighted by Gasteiger charge is 2.26. The molecule has 0 atom stereocenters. The van der Waals surface area contributed by atoms with Crippen LogP contribution in [0.4, 0.5) is 0 Å². The van der Waals surface area contributed by atoms with Gasteiger partial charge in [0.25, 0.3) is 11.8 Å². The highest BCUT2D eigenvalue weighted by molar-refractivity contribution is 5.96. The summed E-state index contributed by atoms with van der Waals surface area (Å²) >= 11 is 0. The van der Waals surface area contributed by atoms with Crippen molar-refractivity contribution in [1.82, 2.24) is 10.2 Å². The Bertz CT molecular complexity index is 903. The smallest absolute Gasteiger partial charge is 0.254 e. The second kappa shape index (κ2) is 9.96. The van der Waals surface area contributed by atoms with Crippen LogP contribution in [0, 0.1) is 0 Å². The van der Waals surface area contributed by atoms with Crippen LogP contribution in [0.15, 0.2) is 55.1 Å². The Morgan fingerprint density at radius 2 is 1.80 bits per heavy atom. The Morgan fingerprint density at radius 1 is 1.10 bits per heavy atom. The van der Waals surface area contributed by atoms with Gasteiger partial charge in [0, 0.05) is 35.8 Å². The molecule has 1 N–H and O–H groups in total. The van der Waals surface area contributed by atoms with Crippen LogP contribution >= 0.6 is 0 Å². The lowest BCUT2D eigenvalue weighted by atomic mass is 10.0. The summed E-state index contributed by atoms with van der Waals surface area (Å²) in [7, 11) is 3.14. The summed E-state index contributed by atoms with van der Waals surface area (Å²) < 4.78 is 10.9. The van der Waals surface area contributed by atoms with Crippen LogP contribution in [0.3, 0.4) is 0 Å². The van der Waals surface area contributed by atoms with E-state index in [0.29, 0.717) is 42.1 Å². The number of hydrogen-bond acceptors (Lipinski definition) is 4. The molecule has 1 aliphatic rings. The molecule has 0 unspecified atom stereocenters. The van der Waals surface area contributed by atoms with E-state index in [1.807, 2.05) is 29.2 Å². The van der Waals surface area contributed by atoms with E-state index >= 15 is 0 Å². The van der Waals surface area contributed by atoms with Crippen molar-refractivity contribution >= 4 is 11.8 Å². The molecule has 2 aromatic carbocycles. The third-order valence-corrected chi connectivity index (χ3v) is 5.32. The number of likely N-dealkylation sites (tertiary alicyclic amines) is 1. The van der Waals surface area contributed by atoms with Crippen molar-refractivity contribution in [2.75, 3.05) is 27.3 Å². The number of carbonyl (C=O) groups is 2. The number of nitrogens with zero attached hydrogens (tertiary/aromatic N) is 1. The van der Waals surface area contributed by atoms with E-state index in [2.05, 4.69) is 11.9 Å².